The van der Waals surface area contributed by atoms with Gasteiger partial charge in [0.25, 0.3) is 0 Å². The topological polar surface area (TPSA) is 68.5 Å². The number of benzene rings is 2. The summed E-state index contributed by atoms with van der Waals surface area (Å²) in [5.74, 6) is 1.56. The van der Waals surface area contributed by atoms with Crippen molar-refractivity contribution < 1.29 is 14.1 Å². The molecule has 31 heavy (non-hydrogen) atoms. The number of nitrogens with zero attached hydrogens (tertiary/aromatic N) is 3. The first-order chi connectivity index (χ1) is 14.9. The Morgan fingerprint density at radius 1 is 1.16 bits per heavy atom. The monoisotopic (exact) mass is 435 g/mol. The van der Waals surface area contributed by atoms with Crippen LogP contribution in [0.15, 0.2) is 53.1 Å². The maximum atomic E-state index is 12.8. The largest absolute Gasteiger partial charge is 0.489 e. The summed E-state index contributed by atoms with van der Waals surface area (Å²) in [5, 5.41) is 4.88. The second-order valence-electron chi connectivity index (χ2n) is 7.61. The summed E-state index contributed by atoms with van der Waals surface area (Å²) in [4.78, 5) is 19.3. The van der Waals surface area contributed by atoms with E-state index in [2.05, 4.69) is 16.2 Å². The predicted octanol–water partition coefficient (Wildman–Crippen LogP) is 5.24. The van der Waals surface area contributed by atoms with Crippen LogP contribution in [0, 0.1) is 13.8 Å². The van der Waals surface area contributed by atoms with E-state index in [1.165, 1.54) is 0 Å². The Labute approximate surface area is 185 Å². The van der Waals surface area contributed by atoms with Crippen molar-refractivity contribution >= 4 is 27.5 Å². The fourth-order valence-electron chi connectivity index (χ4n) is 3.32. The van der Waals surface area contributed by atoms with Crippen LogP contribution in [0.1, 0.15) is 40.6 Å². The standard InChI is InChI=1S/C24H25N3O3S/c1-15-20(17(3)30-26-15)14-29-19-11-9-18(10-12-19)13-23(28)27(4)16(2)24-25-21-7-5-6-8-22(21)31-24/h5-12,16H,13-14H2,1-4H3/t16-/m1/s1. The number of amides is 1. The van der Waals surface area contributed by atoms with E-state index >= 15 is 0 Å². The molecule has 2 aromatic carbocycles. The number of hydrogen-bond acceptors (Lipinski definition) is 6. The second kappa shape index (κ2) is 8.89. The number of para-hydroxylation sites is 1. The van der Waals surface area contributed by atoms with Crippen molar-refractivity contribution in [2.45, 2.75) is 39.8 Å². The minimum Gasteiger partial charge on any atom is -0.489 e. The fourth-order valence-corrected chi connectivity index (χ4v) is 4.38. The molecule has 0 saturated carbocycles. The van der Waals surface area contributed by atoms with Gasteiger partial charge in [0.1, 0.15) is 23.1 Å². The van der Waals surface area contributed by atoms with Crippen LogP contribution in [0.4, 0.5) is 0 Å². The van der Waals surface area contributed by atoms with Crippen LogP contribution in [0.25, 0.3) is 10.2 Å². The molecule has 0 fully saturated rings. The van der Waals surface area contributed by atoms with Gasteiger partial charge in [-0.3, -0.25) is 4.79 Å². The van der Waals surface area contributed by atoms with Gasteiger partial charge in [0.2, 0.25) is 5.91 Å². The lowest BCUT2D eigenvalue weighted by molar-refractivity contribution is -0.131. The lowest BCUT2D eigenvalue weighted by atomic mass is 10.1. The number of thiazole rings is 1. The summed E-state index contributed by atoms with van der Waals surface area (Å²) >= 11 is 1.63. The van der Waals surface area contributed by atoms with E-state index in [4.69, 9.17) is 9.26 Å². The Hall–Kier alpha value is -3.19. The highest BCUT2D eigenvalue weighted by Crippen LogP contribution is 2.29. The van der Waals surface area contributed by atoms with Gasteiger partial charge in [0.05, 0.1) is 33.9 Å². The molecule has 7 heteroatoms. The summed E-state index contributed by atoms with van der Waals surface area (Å²) < 4.78 is 12.1. The molecule has 1 amide bonds. The molecule has 2 heterocycles. The maximum Gasteiger partial charge on any atom is 0.227 e. The molecule has 1 atom stereocenters. The van der Waals surface area contributed by atoms with E-state index < -0.39 is 0 Å². The lowest BCUT2D eigenvalue weighted by Gasteiger charge is -2.23. The molecule has 0 aliphatic heterocycles. The smallest absolute Gasteiger partial charge is 0.227 e. The van der Waals surface area contributed by atoms with Crippen molar-refractivity contribution in [2.24, 2.45) is 0 Å². The minimum atomic E-state index is -0.0810. The maximum absolute atomic E-state index is 12.8. The zero-order valence-corrected chi connectivity index (χ0v) is 18.9. The van der Waals surface area contributed by atoms with Gasteiger partial charge in [-0.25, -0.2) is 4.98 Å². The zero-order valence-electron chi connectivity index (χ0n) is 18.1. The van der Waals surface area contributed by atoms with Gasteiger partial charge < -0.3 is 14.2 Å². The van der Waals surface area contributed by atoms with Crippen LogP contribution in [-0.2, 0) is 17.8 Å². The molecule has 0 N–H and O–H groups in total. The molecule has 0 unspecified atom stereocenters. The molecule has 2 aromatic heterocycles. The second-order valence-corrected chi connectivity index (χ2v) is 8.67. The molecule has 0 spiro atoms. The van der Waals surface area contributed by atoms with Gasteiger partial charge in [0, 0.05) is 7.05 Å². The summed E-state index contributed by atoms with van der Waals surface area (Å²) in [6, 6.07) is 15.6. The average molecular weight is 436 g/mol. The van der Waals surface area contributed by atoms with Crippen molar-refractivity contribution in [1.29, 1.82) is 0 Å². The first-order valence-corrected chi connectivity index (χ1v) is 11.0. The van der Waals surface area contributed by atoms with Gasteiger partial charge in [-0.15, -0.1) is 11.3 Å². The van der Waals surface area contributed by atoms with E-state index in [9.17, 15) is 4.79 Å². The lowest BCUT2D eigenvalue weighted by Crippen LogP contribution is -2.30. The summed E-state index contributed by atoms with van der Waals surface area (Å²) in [7, 11) is 1.83. The van der Waals surface area contributed by atoms with E-state index in [-0.39, 0.29) is 11.9 Å². The molecule has 4 aromatic rings. The number of fused-ring (bicyclic) bond motifs is 1. The minimum absolute atomic E-state index is 0.0520. The Morgan fingerprint density at radius 3 is 2.58 bits per heavy atom. The van der Waals surface area contributed by atoms with E-state index in [0.29, 0.717) is 13.0 Å². The molecule has 0 bridgehead atoms. The number of rotatable bonds is 7. The first-order valence-electron chi connectivity index (χ1n) is 10.2. The fraction of sp³-hybridized carbons (Fsp3) is 0.292. The average Bonchev–Trinajstić information content (AvgIpc) is 3.35. The number of likely N-dealkylation sites (N-methyl/N-ethyl adjacent to an activating group) is 1. The van der Waals surface area contributed by atoms with Crippen molar-refractivity contribution in [3.63, 3.8) is 0 Å². The molecule has 0 aliphatic rings. The van der Waals surface area contributed by atoms with Crippen molar-refractivity contribution in [1.82, 2.24) is 15.0 Å². The van der Waals surface area contributed by atoms with Crippen molar-refractivity contribution in [3.8, 4) is 5.75 Å². The summed E-state index contributed by atoms with van der Waals surface area (Å²) in [5.41, 5.74) is 3.72. The number of carbonyl (C=O) groups is 1. The highest BCUT2D eigenvalue weighted by molar-refractivity contribution is 7.18. The Balaban J connectivity index is 1.36. The summed E-state index contributed by atoms with van der Waals surface area (Å²) in [6.45, 7) is 6.19. The van der Waals surface area contributed by atoms with E-state index in [1.807, 2.05) is 70.3 Å². The number of ether oxygens (including phenoxy) is 1. The number of aryl methyl sites for hydroxylation is 2. The van der Waals surface area contributed by atoms with Gasteiger partial charge in [-0.2, -0.15) is 0 Å². The molecule has 0 aliphatic carbocycles. The van der Waals surface area contributed by atoms with Gasteiger partial charge in [-0.1, -0.05) is 29.4 Å². The zero-order chi connectivity index (χ0) is 22.0. The van der Waals surface area contributed by atoms with Crippen LogP contribution in [0.5, 0.6) is 5.75 Å². The Morgan fingerprint density at radius 2 is 1.90 bits per heavy atom. The van der Waals surface area contributed by atoms with Gasteiger partial charge >= 0.3 is 0 Å². The normalized spacial score (nSPS) is 12.1. The Bertz CT molecular complexity index is 1140. The predicted molar refractivity (Wildman–Crippen MR) is 121 cm³/mol. The quantitative estimate of drug-likeness (QED) is 0.397. The van der Waals surface area contributed by atoms with Crippen LogP contribution in [0.2, 0.25) is 0 Å². The molecule has 4 rings (SSSR count). The van der Waals surface area contributed by atoms with E-state index in [0.717, 1.165) is 43.6 Å². The van der Waals surface area contributed by atoms with Crippen LogP contribution < -0.4 is 4.74 Å². The molecular weight excluding hydrogens is 410 g/mol. The van der Waals surface area contributed by atoms with Gasteiger partial charge in [0.15, 0.2) is 0 Å². The molecule has 160 valence electrons. The summed E-state index contributed by atoms with van der Waals surface area (Å²) in [6.07, 6.45) is 0.329. The number of aromatic nitrogens is 2. The first kappa shape index (κ1) is 21.1. The van der Waals surface area contributed by atoms with Crippen molar-refractivity contribution in [3.05, 3.63) is 76.1 Å². The molecule has 0 saturated heterocycles. The van der Waals surface area contributed by atoms with Crippen LogP contribution in [0.3, 0.4) is 0 Å². The number of carbonyl (C=O) groups excluding carboxylic acids is 1. The third-order valence-corrected chi connectivity index (χ3v) is 6.69. The van der Waals surface area contributed by atoms with Crippen molar-refractivity contribution in [2.75, 3.05) is 7.05 Å². The third kappa shape index (κ3) is 4.61. The number of hydrogen-bond donors (Lipinski definition) is 0. The van der Waals surface area contributed by atoms with Gasteiger partial charge in [-0.05, 0) is 50.6 Å². The molecular formula is C24H25N3O3S. The van der Waals surface area contributed by atoms with Crippen LogP contribution in [-0.4, -0.2) is 28.0 Å². The third-order valence-electron chi connectivity index (χ3n) is 5.49. The SMILES string of the molecule is Cc1noc(C)c1COc1ccc(CC(=O)N(C)[C@H](C)c2nc3ccccc3s2)cc1. The van der Waals surface area contributed by atoms with E-state index in [1.54, 1.807) is 16.2 Å². The highest BCUT2D eigenvalue weighted by Gasteiger charge is 2.21. The molecule has 0 radical (unpaired) electrons. The highest BCUT2D eigenvalue weighted by atomic mass is 32.1. The molecule has 6 nitrogen and oxygen atoms in total. The van der Waals surface area contributed by atoms with Crippen LogP contribution >= 0.6 is 11.3 Å². The Kier molecular flexibility index (Phi) is 6.04.